The molecule has 0 radical (unpaired) electrons. The molecule has 0 aliphatic heterocycles. The van der Waals surface area contributed by atoms with Crippen LogP contribution in [-0.4, -0.2) is 29.6 Å². The molecule has 1 aromatic heterocycles. The Morgan fingerprint density at radius 3 is 2.69 bits per heavy atom. The van der Waals surface area contributed by atoms with Crippen molar-refractivity contribution in [2.75, 3.05) is 14.1 Å². The third-order valence-corrected chi connectivity index (χ3v) is 2.52. The number of nitrogens with two attached hydrogens (primary N) is 1. The van der Waals surface area contributed by atoms with Gasteiger partial charge in [-0.3, -0.25) is 4.57 Å². The number of benzene rings is 1. The molecule has 1 heterocycles. The summed E-state index contributed by atoms with van der Waals surface area (Å²) in [5, 5.41) is 1.08. The first kappa shape index (κ1) is 10.7. The van der Waals surface area contributed by atoms with E-state index in [1.165, 1.54) is 4.57 Å². The molecule has 0 fully saturated rings. The van der Waals surface area contributed by atoms with Crippen molar-refractivity contribution in [1.82, 2.24) is 9.47 Å². The van der Waals surface area contributed by atoms with Gasteiger partial charge in [-0.2, -0.15) is 0 Å². The number of amides is 1. The maximum absolute atomic E-state index is 11.3. The van der Waals surface area contributed by atoms with Gasteiger partial charge in [0.2, 0.25) is 0 Å². The lowest BCUT2D eigenvalue weighted by Crippen LogP contribution is -2.18. The monoisotopic (exact) mass is 217 g/mol. The van der Waals surface area contributed by atoms with Crippen LogP contribution < -0.4 is 5.73 Å². The van der Waals surface area contributed by atoms with Gasteiger partial charge in [0.1, 0.15) is 0 Å². The largest absolute Gasteiger partial charge is 0.351 e. The van der Waals surface area contributed by atoms with Gasteiger partial charge in [-0.1, -0.05) is 18.2 Å². The van der Waals surface area contributed by atoms with Gasteiger partial charge in [0.15, 0.2) is 0 Å². The molecule has 0 bridgehead atoms. The van der Waals surface area contributed by atoms with Gasteiger partial charge >= 0.3 is 6.03 Å². The number of carbonyl (C=O) groups excluding carboxylic acids is 1. The molecule has 0 aliphatic rings. The first-order chi connectivity index (χ1) is 7.59. The van der Waals surface area contributed by atoms with Gasteiger partial charge in [0, 0.05) is 18.1 Å². The fraction of sp³-hybridized carbons (Fsp3) is 0.250. The van der Waals surface area contributed by atoms with Crippen LogP contribution in [0, 0.1) is 0 Å². The van der Waals surface area contributed by atoms with Crippen LogP contribution in [0.15, 0.2) is 30.5 Å². The Labute approximate surface area is 94.3 Å². The van der Waals surface area contributed by atoms with Crippen LogP contribution in [0.4, 0.5) is 4.79 Å². The molecule has 4 nitrogen and oxygen atoms in total. The molecule has 16 heavy (non-hydrogen) atoms. The van der Waals surface area contributed by atoms with Gasteiger partial charge in [0.25, 0.3) is 0 Å². The summed E-state index contributed by atoms with van der Waals surface area (Å²) in [6.45, 7) is 0.792. The summed E-state index contributed by atoms with van der Waals surface area (Å²) in [5.41, 5.74) is 7.31. The summed E-state index contributed by atoms with van der Waals surface area (Å²) < 4.78 is 1.49. The zero-order valence-corrected chi connectivity index (χ0v) is 9.47. The van der Waals surface area contributed by atoms with Crippen molar-refractivity contribution in [3.63, 3.8) is 0 Å². The van der Waals surface area contributed by atoms with E-state index in [9.17, 15) is 4.79 Å². The van der Waals surface area contributed by atoms with E-state index in [0.717, 1.165) is 23.0 Å². The highest BCUT2D eigenvalue weighted by Crippen LogP contribution is 2.21. The number of carbonyl (C=O) groups is 1. The Morgan fingerprint density at radius 2 is 2.06 bits per heavy atom. The van der Waals surface area contributed by atoms with Gasteiger partial charge in [0.05, 0.1) is 5.52 Å². The number of fused-ring (bicyclic) bond motifs is 1. The van der Waals surface area contributed by atoms with E-state index in [1.807, 2.05) is 44.6 Å². The summed E-state index contributed by atoms with van der Waals surface area (Å²) in [7, 11) is 3.99. The molecule has 2 N–H and O–H groups in total. The van der Waals surface area contributed by atoms with Gasteiger partial charge in [-0.25, -0.2) is 4.79 Å². The Hall–Kier alpha value is -1.81. The SMILES string of the molecule is CN(C)Cc1cn(C(N)=O)c2ccccc12. The lowest BCUT2D eigenvalue weighted by atomic mass is 10.2. The van der Waals surface area contributed by atoms with Gasteiger partial charge in [-0.15, -0.1) is 0 Å². The Bertz CT molecular complexity index is 528. The van der Waals surface area contributed by atoms with Gasteiger partial charge in [-0.05, 0) is 25.7 Å². The molecular weight excluding hydrogens is 202 g/mol. The standard InChI is InChI=1S/C12H15N3O/c1-14(2)7-9-8-15(12(13)16)11-6-4-3-5-10(9)11/h3-6,8H,7H2,1-2H3,(H2,13,16). The third kappa shape index (κ3) is 1.79. The number of nitrogens with zero attached hydrogens (tertiary/aromatic N) is 2. The zero-order chi connectivity index (χ0) is 11.7. The molecule has 0 atom stereocenters. The lowest BCUT2D eigenvalue weighted by molar-refractivity contribution is 0.251. The molecule has 84 valence electrons. The van der Waals surface area contributed by atoms with Crippen LogP contribution in [0.3, 0.4) is 0 Å². The van der Waals surface area contributed by atoms with E-state index in [-0.39, 0.29) is 0 Å². The molecule has 0 unspecified atom stereocenters. The van der Waals surface area contributed by atoms with Crippen LogP contribution in [0.5, 0.6) is 0 Å². The zero-order valence-electron chi connectivity index (χ0n) is 9.47. The predicted octanol–water partition coefficient (Wildman–Crippen LogP) is 1.63. The van der Waals surface area contributed by atoms with Crippen molar-refractivity contribution in [1.29, 1.82) is 0 Å². The van der Waals surface area contributed by atoms with Crippen LogP contribution in [0.1, 0.15) is 5.56 Å². The number of para-hydroxylation sites is 1. The molecule has 4 heteroatoms. The number of hydrogen-bond acceptors (Lipinski definition) is 2. The minimum absolute atomic E-state index is 0.443. The molecule has 1 aromatic carbocycles. The minimum Gasteiger partial charge on any atom is -0.351 e. The average Bonchev–Trinajstić information content (AvgIpc) is 2.57. The molecule has 0 spiro atoms. The third-order valence-electron chi connectivity index (χ3n) is 2.52. The fourth-order valence-electron chi connectivity index (χ4n) is 1.90. The maximum Gasteiger partial charge on any atom is 0.323 e. The molecule has 0 saturated carbocycles. The van der Waals surface area contributed by atoms with E-state index < -0.39 is 6.03 Å². The smallest absolute Gasteiger partial charge is 0.323 e. The van der Waals surface area contributed by atoms with Crippen molar-refractivity contribution >= 4 is 16.9 Å². The summed E-state index contributed by atoms with van der Waals surface area (Å²) in [6, 6.07) is 7.34. The van der Waals surface area contributed by atoms with Crippen molar-refractivity contribution in [2.45, 2.75) is 6.54 Å². The number of primary amides is 1. The summed E-state index contributed by atoms with van der Waals surface area (Å²) in [4.78, 5) is 13.3. The Morgan fingerprint density at radius 1 is 1.38 bits per heavy atom. The highest BCUT2D eigenvalue weighted by Gasteiger charge is 2.10. The Balaban J connectivity index is 2.62. The summed E-state index contributed by atoms with van der Waals surface area (Å²) in [6.07, 6.45) is 1.81. The summed E-state index contributed by atoms with van der Waals surface area (Å²) >= 11 is 0. The second-order valence-corrected chi connectivity index (χ2v) is 4.12. The first-order valence-corrected chi connectivity index (χ1v) is 5.13. The van der Waals surface area contributed by atoms with Crippen molar-refractivity contribution in [2.24, 2.45) is 5.73 Å². The maximum atomic E-state index is 11.3. The van der Waals surface area contributed by atoms with E-state index >= 15 is 0 Å². The lowest BCUT2D eigenvalue weighted by Gasteiger charge is -2.07. The van der Waals surface area contributed by atoms with Gasteiger partial charge < -0.3 is 10.6 Å². The fourth-order valence-corrected chi connectivity index (χ4v) is 1.90. The van der Waals surface area contributed by atoms with E-state index in [0.29, 0.717) is 0 Å². The van der Waals surface area contributed by atoms with E-state index in [2.05, 4.69) is 4.90 Å². The van der Waals surface area contributed by atoms with Crippen molar-refractivity contribution in [3.05, 3.63) is 36.0 Å². The van der Waals surface area contributed by atoms with Crippen molar-refractivity contribution < 1.29 is 4.79 Å². The highest BCUT2D eigenvalue weighted by atomic mass is 16.2. The van der Waals surface area contributed by atoms with Crippen molar-refractivity contribution in [3.8, 4) is 0 Å². The molecule has 0 saturated heterocycles. The Kier molecular flexibility index (Phi) is 2.66. The predicted molar refractivity (Wildman–Crippen MR) is 64.3 cm³/mol. The second-order valence-electron chi connectivity index (χ2n) is 4.12. The van der Waals surface area contributed by atoms with Crippen LogP contribution in [0.2, 0.25) is 0 Å². The highest BCUT2D eigenvalue weighted by molar-refractivity contribution is 5.93. The molecule has 2 rings (SSSR count). The number of aromatic nitrogens is 1. The molecule has 2 aromatic rings. The number of hydrogen-bond donors (Lipinski definition) is 1. The second kappa shape index (κ2) is 3.98. The molecule has 1 amide bonds. The van der Waals surface area contributed by atoms with Crippen LogP contribution >= 0.6 is 0 Å². The molecular formula is C12H15N3O. The quantitative estimate of drug-likeness (QED) is 0.831. The topological polar surface area (TPSA) is 51.3 Å². The van der Waals surface area contributed by atoms with E-state index in [4.69, 9.17) is 5.73 Å². The minimum atomic E-state index is -0.443. The van der Waals surface area contributed by atoms with E-state index in [1.54, 1.807) is 0 Å². The molecule has 0 aliphatic carbocycles. The first-order valence-electron chi connectivity index (χ1n) is 5.13. The average molecular weight is 217 g/mol. The summed E-state index contributed by atoms with van der Waals surface area (Å²) in [5.74, 6) is 0. The van der Waals surface area contributed by atoms with Crippen LogP contribution in [0.25, 0.3) is 10.9 Å². The normalized spacial score (nSPS) is 11.2. The van der Waals surface area contributed by atoms with Crippen LogP contribution in [-0.2, 0) is 6.54 Å². The number of rotatable bonds is 2.